The van der Waals surface area contributed by atoms with Crippen molar-refractivity contribution in [1.82, 2.24) is 14.7 Å². The molecule has 3 aromatic rings. The van der Waals surface area contributed by atoms with E-state index in [4.69, 9.17) is 14.6 Å². The summed E-state index contributed by atoms with van der Waals surface area (Å²) < 4.78 is 12.7. The number of nitrogens with zero attached hydrogens (tertiary/aromatic N) is 3. The van der Waals surface area contributed by atoms with Gasteiger partial charge in [-0.25, -0.2) is 4.68 Å². The second-order valence-corrected chi connectivity index (χ2v) is 8.39. The Labute approximate surface area is 183 Å². The monoisotopic (exact) mass is 419 g/mol. The molecule has 162 valence electrons. The molecule has 0 spiro atoms. The first-order valence-corrected chi connectivity index (χ1v) is 10.7. The Bertz CT molecular complexity index is 1050. The minimum absolute atomic E-state index is 0.00783. The molecule has 6 heteroatoms. The minimum Gasteiger partial charge on any atom is -0.497 e. The van der Waals surface area contributed by atoms with E-state index in [0.717, 1.165) is 30.8 Å². The van der Waals surface area contributed by atoms with Crippen LogP contribution in [0.1, 0.15) is 30.6 Å². The molecule has 6 nitrogen and oxygen atoms in total. The van der Waals surface area contributed by atoms with Crippen LogP contribution in [-0.2, 0) is 0 Å². The molecule has 4 rings (SSSR count). The van der Waals surface area contributed by atoms with Crippen LogP contribution >= 0.6 is 0 Å². The van der Waals surface area contributed by atoms with Crippen molar-refractivity contribution in [3.05, 3.63) is 60.3 Å². The highest BCUT2D eigenvalue weighted by atomic mass is 16.5. The summed E-state index contributed by atoms with van der Waals surface area (Å²) in [5, 5.41) is 4.82. The molecule has 1 saturated heterocycles. The van der Waals surface area contributed by atoms with Crippen molar-refractivity contribution in [2.24, 2.45) is 11.8 Å². The van der Waals surface area contributed by atoms with E-state index in [1.807, 2.05) is 59.6 Å². The lowest BCUT2D eigenvalue weighted by Gasteiger charge is -2.35. The minimum atomic E-state index is 0.00783. The number of benzene rings is 2. The van der Waals surface area contributed by atoms with Crippen LogP contribution in [0.4, 0.5) is 0 Å². The Hall–Kier alpha value is -3.28. The number of carbonyl (C=O) groups is 1. The number of carbonyl (C=O) groups excluding carboxylic acids is 1. The predicted molar refractivity (Wildman–Crippen MR) is 121 cm³/mol. The van der Waals surface area contributed by atoms with Crippen molar-refractivity contribution in [1.29, 1.82) is 0 Å². The maximum Gasteiger partial charge on any atom is 0.257 e. The van der Waals surface area contributed by atoms with Crippen LogP contribution < -0.4 is 9.47 Å². The smallest absolute Gasteiger partial charge is 0.257 e. The average molecular weight is 420 g/mol. The summed E-state index contributed by atoms with van der Waals surface area (Å²) >= 11 is 0. The van der Waals surface area contributed by atoms with Crippen LogP contribution in [0.3, 0.4) is 0 Å². The highest BCUT2D eigenvalue weighted by Gasteiger charge is 2.30. The zero-order valence-corrected chi connectivity index (χ0v) is 18.5. The van der Waals surface area contributed by atoms with Gasteiger partial charge < -0.3 is 14.4 Å². The maximum absolute atomic E-state index is 13.7. The van der Waals surface area contributed by atoms with Gasteiger partial charge in [0.05, 0.1) is 25.5 Å². The summed E-state index contributed by atoms with van der Waals surface area (Å²) in [5.74, 6) is 2.28. The number of likely N-dealkylation sites (tertiary alicyclic amines) is 1. The topological polar surface area (TPSA) is 56.6 Å². The Morgan fingerprint density at radius 2 is 1.71 bits per heavy atom. The van der Waals surface area contributed by atoms with Crippen LogP contribution in [0.5, 0.6) is 11.5 Å². The third-order valence-corrected chi connectivity index (χ3v) is 5.79. The molecule has 1 aliphatic heterocycles. The normalized spacial score (nSPS) is 18.6. The van der Waals surface area contributed by atoms with Crippen LogP contribution in [0.25, 0.3) is 16.9 Å². The fraction of sp³-hybridized carbons (Fsp3) is 0.360. The Balaban J connectivity index is 1.82. The summed E-state index contributed by atoms with van der Waals surface area (Å²) in [7, 11) is 3.23. The molecule has 0 saturated carbocycles. The highest BCUT2D eigenvalue weighted by Crippen LogP contribution is 2.36. The van der Waals surface area contributed by atoms with Gasteiger partial charge in [0, 0.05) is 30.9 Å². The molecular formula is C25H29N3O3. The van der Waals surface area contributed by atoms with Crippen LogP contribution in [0.2, 0.25) is 0 Å². The predicted octanol–water partition coefficient (Wildman–Crippen LogP) is 4.67. The fourth-order valence-corrected chi connectivity index (χ4v) is 4.44. The third-order valence-electron chi connectivity index (χ3n) is 5.79. The van der Waals surface area contributed by atoms with Gasteiger partial charge in [0.2, 0.25) is 0 Å². The molecule has 2 aromatic carbocycles. The summed E-state index contributed by atoms with van der Waals surface area (Å²) in [6.07, 6.45) is 2.98. The lowest BCUT2D eigenvalue weighted by molar-refractivity contribution is 0.0624. The standard InChI is InChI=1S/C25H29N3O3/c1-17-12-18(2)15-27(14-17)25(29)22-16-28(19-8-6-5-7-9-19)26-24(22)21-11-10-20(30-3)13-23(21)31-4/h5-11,13,16-18H,12,14-15H2,1-4H3. The van der Waals surface area contributed by atoms with Gasteiger partial charge in [-0.3, -0.25) is 4.79 Å². The first kappa shape index (κ1) is 21.0. The third kappa shape index (κ3) is 4.29. The van der Waals surface area contributed by atoms with Crippen LogP contribution in [0.15, 0.2) is 54.7 Å². The Morgan fingerprint density at radius 1 is 1.00 bits per heavy atom. The van der Waals surface area contributed by atoms with E-state index in [9.17, 15) is 4.79 Å². The van der Waals surface area contributed by atoms with Gasteiger partial charge in [-0.1, -0.05) is 32.0 Å². The van der Waals surface area contributed by atoms with E-state index in [-0.39, 0.29) is 5.91 Å². The Kier molecular flexibility index (Phi) is 5.98. The molecule has 1 aliphatic rings. The number of para-hydroxylation sites is 1. The van der Waals surface area contributed by atoms with E-state index < -0.39 is 0 Å². The molecule has 2 unspecified atom stereocenters. The largest absolute Gasteiger partial charge is 0.497 e. The van der Waals surface area contributed by atoms with Gasteiger partial charge in [-0.2, -0.15) is 5.10 Å². The van der Waals surface area contributed by atoms with E-state index >= 15 is 0 Å². The van der Waals surface area contributed by atoms with Gasteiger partial charge >= 0.3 is 0 Å². The van der Waals surface area contributed by atoms with Crippen molar-refractivity contribution in [2.45, 2.75) is 20.3 Å². The first-order valence-electron chi connectivity index (χ1n) is 10.7. The summed E-state index contributed by atoms with van der Waals surface area (Å²) in [6, 6.07) is 15.4. The number of ether oxygens (including phenoxy) is 2. The van der Waals surface area contributed by atoms with Crippen molar-refractivity contribution >= 4 is 5.91 Å². The molecule has 0 bridgehead atoms. The zero-order chi connectivity index (χ0) is 22.0. The number of hydrogen-bond donors (Lipinski definition) is 0. The maximum atomic E-state index is 13.7. The number of methoxy groups -OCH3 is 2. The van der Waals surface area contributed by atoms with Gasteiger partial charge in [0.1, 0.15) is 17.2 Å². The molecule has 1 amide bonds. The molecule has 0 radical (unpaired) electrons. The van der Waals surface area contributed by atoms with E-state index in [2.05, 4.69) is 13.8 Å². The van der Waals surface area contributed by atoms with E-state index in [0.29, 0.717) is 34.6 Å². The van der Waals surface area contributed by atoms with Gasteiger partial charge in [-0.05, 0) is 42.5 Å². The lowest BCUT2D eigenvalue weighted by Crippen LogP contribution is -2.42. The van der Waals surface area contributed by atoms with Gasteiger partial charge in [0.25, 0.3) is 5.91 Å². The van der Waals surface area contributed by atoms with Crippen molar-refractivity contribution in [3.8, 4) is 28.4 Å². The van der Waals surface area contributed by atoms with E-state index in [1.54, 1.807) is 18.9 Å². The van der Waals surface area contributed by atoms with Crippen LogP contribution in [-0.4, -0.2) is 47.9 Å². The van der Waals surface area contributed by atoms with Gasteiger partial charge in [0.15, 0.2) is 0 Å². The average Bonchev–Trinajstić information content (AvgIpc) is 3.23. The summed E-state index contributed by atoms with van der Waals surface area (Å²) in [6.45, 7) is 5.94. The van der Waals surface area contributed by atoms with Gasteiger partial charge in [-0.15, -0.1) is 0 Å². The zero-order valence-electron chi connectivity index (χ0n) is 18.5. The first-order chi connectivity index (χ1) is 15.0. The second kappa shape index (κ2) is 8.84. The number of rotatable bonds is 5. The molecule has 1 aromatic heterocycles. The molecule has 2 heterocycles. The molecule has 2 atom stereocenters. The highest BCUT2D eigenvalue weighted by molar-refractivity contribution is 6.00. The molecule has 0 aliphatic carbocycles. The molecule has 1 fully saturated rings. The Morgan fingerprint density at radius 3 is 2.35 bits per heavy atom. The number of hydrogen-bond acceptors (Lipinski definition) is 4. The summed E-state index contributed by atoms with van der Waals surface area (Å²) in [4.78, 5) is 15.6. The quantitative estimate of drug-likeness (QED) is 0.603. The van der Waals surface area contributed by atoms with E-state index in [1.165, 1.54) is 0 Å². The van der Waals surface area contributed by atoms with Crippen molar-refractivity contribution in [2.75, 3.05) is 27.3 Å². The molecular weight excluding hydrogens is 390 g/mol. The van der Waals surface area contributed by atoms with Crippen molar-refractivity contribution < 1.29 is 14.3 Å². The molecule has 31 heavy (non-hydrogen) atoms. The SMILES string of the molecule is COc1ccc(-c2nn(-c3ccccc3)cc2C(=O)N2CC(C)CC(C)C2)c(OC)c1. The fourth-order valence-electron chi connectivity index (χ4n) is 4.44. The van der Waals surface area contributed by atoms with Crippen LogP contribution in [0, 0.1) is 11.8 Å². The number of amides is 1. The van der Waals surface area contributed by atoms with Crippen molar-refractivity contribution in [3.63, 3.8) is 0 Å². The number of aromatic nitrogens is 2. The summed E-state index contributed by atoms with van der Waals surface area (Å²) in [5.41, 5.74) is 2.85. The molecule has 0 N–H and O–H groups in total. The number of piperidine rings is 1. The second-order valence-electron chi connectivity index (χ2n) is 8.39. The lowest BCUT2D eigenvalue weighted by atomic mass is 9.91.